The first-order chi connectivity index (χ1) is 9.35. The summed E-state index contributed by atoms with van der Waals surface area (Å²) in [5, 5.41) is 3.35. The van der Waals surface area contributed by atoms with Crippen molar-refractivity contribution in [3.05, 3.63) is 23.9 Å². The molecular weight excluding hydrogens is 234 g/mol. The van der Waals surface area contributed by atoms with Gasteiger partial charge in [-0.25, -0.2) is 4.98 Å². The van der Waals surface area contributed by atoms with Crippen molar-refractivity contribution in [1.29, 1.82) is 0 Å². The van der Waals surface area contributed by atoms with Crippen molar-refractivity contribution in [3.63, 3.8) is 0 Å². The highest BCUT2D eigenvalue weighted by Gasteiger charge is 2.20. The minimum absolute atomic E-state index is 0.695. The topological polar surface area (TPSA) is 28.2 Å². The zero-order chi connectivity index (χ0) is 13.5. The summed E-state index contributed by atoms with van der Waals surface area (Å²) in [6.07, 6.45) is 6.80. The maximum Gasteiger partial charge on any atom is 0.129 e. The third-order valence-corrected chi connectivity index (χ3v) is 4.00. The minimum atomic E-state index is 0.695. The van der Waals surface area contributed by atoms with Gasteiger partial charge in [-0.05, 0) is 38.4 Å². The number of hydrogen-bond donors (Lipinski definition) is 1. The van der Waals surface area contributed by atoms with Crippen molar-refractivity contribution in [2.45, 2.75) is 58.5 Å². The smallest absolute Gasteiger partial charge is 0.129 e. The molecule has 0 amide bonds. The van der Waals surface area contributed by atoms with E-state index in [1.54, 1.807) is 0 Å². The Morgan fingerprint density at radius 1 is 1.21 bits per heavy atom. The van der Waals surface area contributed by atoms with Gasteiger partial charge in [-0.1, -0.05) is 32.3 Å². The van der Waals surface area contributed by atoms with Crippen LogP contribution in [0, 0.1) is 0 Å². The Bertz CT molecular complexity index is 372. The first-order valence-electron chi connectivity index (χ1n) is 7.78. The molecule has 0 bridgehead atoms. The second kappa shape index (κ2) is 7.49. The van der Waals surface area contributed by atoms with Crippen LogP contribution >= 0.6 is 0 Å². The molecule has 106 valence electrons. The van der Waals surface area contributed by atoms with Crippen molar-refractivity contribution in [3.8, 4) is 0 Å². The predicted octanol–water partition coefficient (Wildman–Crippen LogP) is 3.35. The Morgan fingerprint density at radius 3 is 2.68 bits per heavy atom. The zero-order valence-electron chi connectivity index (χ0n) is 12.4. The van der Waals surface area contributed by atoms with Gasteiger partial charge >= 0.3 is 0 Å². The van der Waals surface area contributed by atoms with Gasteiger partial charge < -0.3 is 10.2 Å². The van der Waals surface area contributed by atoms with Gasteiger partial charge in [0.25, 0.3) is 0 Å². The van der Waals surface area contributed by atoms with Crippen LogP contribution in [0.1, 0.15) is 51.6 Å². The Labute approximate surface area is 117 Å². The lowest BCUT2D eigenvalue weighted by Crippen LogP contribution is -2.37. The van der Waals surface area contributed by atoms with Crippen LogP contribution < -0.4 is 10.2 Å². The van der Waals surface area contributed by atoms with Crippen molar-refractivity contribution in [2.75, 3.05) is 18.0 Å². The summed E-state index contributed by atoms with van der Waals surface area (Å²) in [6, 6.07) is 7.11. The Kier molecular flexibility index (Phi) is 5.64. The van der Waals surface area contributed by atoms with E-state index in [0.29, 0.717) is 6.04 Å². The number of nitrogens with zero attached hydrogens (tertiary/aromatic N) is 2. The molecule has 0 spiro atoms. The first kappa shape index (κ1) is 14.3. The van der Waals surface area contributed by atoms with E-state index >= 15 is 0 Å². The van der Waals surface area contributed by atoms with Crippen LogP contribution in [-0.4, -0.2) is 24.1 Å². The van der Waals surface area contributed by atoms with E-state index in [1.807, 2.05) is 0 Å². The molecule has 1 heterocycles. The van der Waals surface area contributed by atoms with Gasteiger partial charge in [-0.2, -0.15) is 0 Å². The Hall–Kier alpha value is -1.09. The van der Waals surface area contributed by atoms with Crippen LogP contribution in [0.3, 0.4) is 0 Å². The minimum Gasteiger partial charge on any atom is -0.354 e. The third-order valence-electron chi connectivity index (χ3n) is 4.00. The van der Waals surface area contributed by atoms with Crippen LogP contribution in [0.5, 0.6) is 0 Å². The molecule has 3 heteroatoms. The molecule has 2 rings (SSSR count). The highest BCUT2D eigenvalue weighted by Crippen LogP contribution is 2.26. The van der Waals surface area contributed by atoms with E-state index in [0.717, 1.165) is 31.1 Å². The lowest BCUT2D eigenvalue weighted by molar-refractivity contribution is 0.416. The maximum atomic E-state index is 4.82. The van der Waals surface area contributed by atoms with E-state index in [4.69, 9.17) is 4.98 Å². The summed E-state index contributed by atoms with van der Waals surface area (Å²) in [7, 11) is 0. The van der Waals surface area contributed by atoms with Gasteiger partial charge in [0.1, 0.15) is 5.82 Å². The molecule has 0 aliphatic heterocycles. The number of hydrogen-bond acceptors (Lipinski definition) is 3. The fraction of sp³-hybridized carbons (Fsp3) is 0.688. The Morgan fingerprint density at radius 2 is 2.00 bits per heavy atom. The molecular formula is C16H27N3. The predicted molar refractivity (Wildman–Crippen MR) is 81.5 cm³/mol. The normalized spacial score (nSPS) is 16.5. The van der Waals surface area contributed by atoms with Gasteiger partial charge in [0, 0.05) is 19.1 Å². The third kappa shape index (κ3) is 3.93. The number of aromatic nitrogens is 1. The molecule has 0 atom stereocenters. The van der Waals surface area contributed by atoms with Crippen molar-refractivity contribution in [1.82, 2.24) is 10.3 Å². The van der Waals surface area contributed by atoms with E-state index in [9.17, 15) is 0 Å². The highest BCUT2D eigenvalue weighted by molar-refractivity contribution is 5.40. The van der Waals surface area contributed by atoms with Crippen LogP contribution in [-0.2, 0) is 6.54 Å². The van der Waals surface area contributed by atoms with Crippen LogP contribution in [0.4, 0.5) is 5.82 Å². The molecule has 1 aliphatic carbocycles. The fourth-order valence-corrected chi connectivity index (χ4v) is 2.98. The van der Waals surface area contributed by atoms with Crippen LogP contribution in [0.15, 0.2) is 18.2 Å². The number of nitrogens with one attached hydrogen (secondary N) is 1. The molecule has 1 aliphatic rings. The molecule has 1 aromatic rings. The molecule has 0 saturated heterocycles. The summed E-state index contributed by atoms with van der Waals surface area (Å²) < 4.78 is 0. The van der Waals surface area contributed by atoms with E-state index in [2.05, 4.69) is 42.3 Å². The first-order valence-corrected chi connectivity index (χ1v) is 7.78. The van der Waals surface area contributed by atoms with Gasteiger partial charge in [0.05, 0.1) is 5.69 Å². The second-order valence-electron chi connectivity index (χ2n) is 5.35. The van der Waals surface area contributed by atoms with Crippen molar-refractivity contribution < 1.29 is 0 Å². The van der Waals surface area contributed by atoms with Crippen LogP contribution in [0.2, 0.25) is 0 Å². The molecule has 1 fully saturated rings. The summed E-state index contributed by atoms with van der Waals surface area (Å²) >= 11 is 0. The zero-order valence-corrected chi connectivity index (χ0v) is 12.4. The average Bonchev–Trinajstić information content (AvgIpc) is 2.47. The number of rotatable bonds is 6. The van der Waals surface area contributed by atoms with E-state index < -0.39 is 0 Å². The van der Waals surface area contributed by atoms with Crippen molar-refractivity contribution >= 4 is 5.82 Å². The van der Waals surface area contributed by atoms with Gasteiger partial charge in [-0.15, -0.1) is 0 Å². The molecule has 0 aromatic carbocycles. The lowest BCUT2D eigenvalue weighted by Gasteiger charge is -2.34. The highest BCUT2D eigenvalue weighted by atomic mass is 15.2. The van der Waals surface area contributed by atoms with Gasteiger partial charge in [0.15, 0.2) is 0 Å². The summed E-state index contributed by atoms with van der Waals surface area (Å²) in [6.45, 7) is 7.29. The SMILES string of the molecule is CCNCc1cccc(N(CC)C2CCCCC2)n1. The summed E-state index contributed by atoms with van der Waals surface area (Å²) in [5.74, 6) is 1.16. The summed E-state index contributed by atoms with van der Waals surface area (Å²) in [5.41, 5.74) is 1.15. The number of anilines is 1. The van der Waals surface area contributed by atoms with Gasteiger partial charge in [-0.3, -0.25) is 0 Å². The van der Waals surface area contributed by atoms with Gasteiger partial charge in [0.2, 0.25) is 0 Å². The second-order valence-corrected chi connectivity index (χ2v) is 5.35. The summed E-state index contributed by atoms with van der Waals surface area (Å²) in [4.78, 5) is 7.31. The monoisotopic (exact) mass is 261 g/mol. The van der Waals surface area contributed by atoms with Crippen LogP contribution in [0.25, 0.3) is 0 Å². The molecule has 3 nitrogen and oxygen atoms in total. The van der Waals surface area contributed by atoms with E-state index in [-0.39, 0.29) is 0 Å². The molecule has 0 radical (unpaired) electrons. The van der Waals surface area contributed by atoms with E-state index in [1.165, 1.54) is 32.1 Å². The quantitative estimate of drug-likeness (QED) is 0.851. The Balaban J connectivity index is 2.08. The number of pyridine rings is 1. The fourth-order valence-electron chi connectivity index (χ4n) is 2.98. The molecule has 19 heavy (non-hydrogen) atoms. The molecule has 1 aromatic heterocycles. The average molecular weight is 261 g/mol. The molecule has 1 N–H and O–H groups in total. The molecule has 0 unspecified atom stereocenters. The maximum absolute atomic E-state index is 4.82. The largest absolute Gasteiger partial charge is 0.354 e. The lowest BCUT2D eigenvalue weighted by atomic mass is 9.94. The molecule has 1 saturated carbocycles. The standard InChI is InChI=1S/C16H27N3/c1-3-17-13-14-9-8-12-16(18-14)19(4-2)15-10-6-5-7-11-15/h8-9,12,15,17H,3-7,10-11,13H2,1-2H3. The van der Waals surface area contributed by atoms with Crippen molar-refractivity contribution in [2.24, 2.45) is 0 Å².